The Kier molecular flexibility index (Phi) is 5.31. The first kappa shape index (κ1) is 16.6. The topological polar surface area (TPSA) is 85.1 Å². The number of anilines is 4. The van der Waals surface area contributed by atoms with Gasteiger partial charge in [-0.05, 0) is 24.1 Å². The van der Waals surface area contributed by atoms with E-state index in [1.165, 1.54) is 11.9 Å². The van der Waals surface area contributed by atoms with Crippen molar-refractivity contribution in [3.63, 3.8) is 0 Å². The van der Waals surface area contributed by atoms with Crippen LogP contribution in [-0.2, 0) is 6.42 Å². The lowest BCUT2D eigenvalue weighted by atomic mass is 10.1. The molecule has 3 rings (SSSR count). The van der Waals surface area contributed by atoms with Crippen molar-refractivity contribution in [2.75, 3.05) is 30.0 Å². The van der Waals surface area contributed by atoms with Crippen LogP contribution in [0.5, 0.6) is 5.75 Å². The molecule has 0 bridgehead atoms. The van der Waals surface area contributed by atoms with Gasteiger partial charge in [-0.2, -0.15) is 0 Å². The molecule has 0 aliphatic carbocycles. The fourth-order valence-electron chi connectivity index (χ4n) is 2.48. The average molecular weight is 335 g/mol. The number of methoxy groups -OCH3 is 1. The van der Waals surface area contributed by atoms with Gasteiger partial charge in [-0.15, -0.1) is 0 Å². The van der Waals surface area contributed by atoms with Gasteiger partial charge < -0.3 is 21.1 Å². The highest BCUT2D eigenvalue weighted by atomic mass is 16.5. The predicted molar refractivity (Wildman–Crippen MR) is 101 cm³/mol. The minimum absolute atomic E-state index is 0.474. The first-order chi connectivity index (χ1) is 12.3. The summed E-state index contributed by atoms with van der Waals surface area (Å²) in [6.07, 6.45) is 2.37. The van der Waals surface area contributed by atoms with Crippen LogP contribution in [0.1, 0.15) is 5.56 Å². The third-order valence-corrected chi connectivity index (χ3v) is 3.79. The summed E-state index contributed by atoms with van der Waals surface area (Å²) in [5.74, 6) is 1.88. The van der Waals surface area contributed by atoms with Crippen LogP contribution in [0.15, 0.2) is 60.9 Å². The molecule has 0 amide bonds. The van der Waals surface area contributed by atoms with Crippen LogP contribution >= 0.6 is 0 Å². The van der Waals surface area contributed by atoms with E-state index >= 15 is 0 Å². The number of nitrogens with zero attached hydrogens (tertiary/aromatic N) is 2. The molecule has 0 aliphatic heterocycles. The zero-order chi connectivity index (χ0) is 17.5. The maximum atomic E-state index is 6.21. The third kappa shape index (κ3) is 4.17. The predicted octanol–water partition coefficient (Wildman–Crippen LogP) is 3.47. The summed E-state index contributed by atoms with van der Waals surface area (Å²) in [6, 6.07) is 17.9. The number of aromatic nitrogens is 2. The van der Waals surface area contributed by atoms with Crippen LogP contribution in [0, 0.1) is 0 Å². The number of ether oxygens (including phenoxy) is 1. The van der Waals surface area contributed by atoms with Crippen molar-refractivity contribution in [3.05, 3.63) is 66.5 Å². The van der Waals surface area contributed by atoms with Gasteiger partial charge in [0.05, 0.1) is 12.8 Å². The lowest BCUT2D eigenvalue weighted by molar-refractivity contribution is 0.417. The normalized spacial score (nSPS) is 10.3. The number of nitrogens with one attached hydrogen (secondary N) is 2. The van der Waals surface area contributed by atoms with E-state index in [0.717, 1.165) is 24.4 Å². The van der Waals surface area contributed by atoms with Crippen molar-refractivity contribution in [2.45, 2.75) is 6.42 Å². The molecule has 0 aliphatic rings. The number of nitrogen functional groups attached to an aromatic ring is 1. The molecule has 1 aromatic heterocycles. The minimum atomic E-state index is 0.474. The molecule has 0 radical (unpaired) electrons. The van der Waals surface area contributed by atoms with Crippen LogP contribution < -0.4 is 21.1 Å². The lowest BCUT2D eigenvalue weighted by Crippen LogP contribution is -2.10. The fraction of sp³-hybridized carbons (Fsp3) is 0.158. The average Bonchev–Trinajstić information content (AvgIpc) is 2.66. The van der Waals surface area contributed by atoms with Gasteiger partial charge in [0, 0.05) is 6.54 Å². The molecule has 0 saturated heterocycles. The van der Waals surface area contributed by atoms with Gasteiger partial charge in [-0.25, -0.2) is 9.97 Å². The molecule has 0 atom stereocenters. The van der Waals surface area contributed by atoms with Crippen LogP contribution in [0.25, 0.3) is 0 Å². The maximum Gasteiger partial charge on any atom is 0.159 e. The van der Waals surface area contributed by atoms with Gasteiger partial charge in [-0.3, -0.25) is 0 Å². The zero-order valence-corrected chi connectivity index (χ0v) is 14.1. The van der Waals surface area contributed by atoms with Crippen LogP contribution in [-0.4, -0.2) is 23.6 Å². The lowest BCUT2D eigenvalue weighted by Gasteiger charge is -2.14. The first-order valence-corrected chi connectivity index (χ1v) is 8.06. The Morgan fingerprint density at radius 2 is 1.68 bits per heavy atom. The second kappa shape index (κ2) is 8.01. The second-order valence-electron chi connectivity index (χ2n) is 5.47. The van der Waals surface area contributed by atoms with Gasteiger partial charge in [0.1, 0.15) is 17.8 Å². The number of para-hydroxylation sites is 2. The van der Waals surface area contributed by atoms with E-state index in [4.69, 9.17) is 10.5 Å². The van der Waals surface area contributed by atoms with Crippen LogP contribution in [0.4, 0.5) is 23.0 Å². The molecule has 0 spiro atoms. The summed E-state index contributed by atoms with van der Waals surface area (Å²) in [7, 11) is 1.63. The van der Waals surface area contributed by atoms with Crippen molar-refractivity contribution in [2.24, 2.45) is 0 Å². The minimum Gasteiger partial charge on any atom is -0.495 e. The van der Waals surface area contributed by atoms with Crippen LogP contribution in [0.2, 0.25) is 0 Å². The molecule has 6 nitrogen and oxygen atoms in total. The summed E-state index contributed by atoms with van der Waals surface area (Å²) in [5, 5.41) is 6.47. The smallest absolute Gasteiger partial charge is 0.159 e. The van der Waals surface area contributed by atoms with Crippen molar-refractivity contribution in [1.29, 1.82) is 0 Å². The highest BCUT2D eigenvalue weighted by Gasteiger charge is 2.10. The molecule has 25 heavy (non-hydrogen) atoms. The molecule has 6 heteroatoms. The Morgan fingerprint density at radius 1 is 0.960 bits per heavy atom. The van der Waals surface area contributed by atoms with E-state index in [2.05, 4.69) is 32.7 Å². The highest BCUT2D eigenvalue weighted by molar-refractivity contribution is 5.79. The molecule has 128 valence electrons. The number of hydrogen-bond acceptors (Lipinski definition) is 6. The number of rotatable bonds is 7. The van der Waals surface area contributed by atoms with E-state index in [9.17, 15) is 0 Å². The fourth-order valence-corrected chi connectivity index (χ4v) is 2.48. The number of benzene rings is 2. The number of nitrogens with two attached hydrogens (primary N) is 1. The van der Waals surface area contributed by atoms with Crippen molar-refractivity contribution in [3.8, 4) is 5.75 Å². The van der Waals surface area contributed by atoms with Gasteiger partial charge in [0.2, 0.25) is 0 Å². The largest absolute Gasteiger partial charge is 0.495 e. The molecular formula is C19H21N5O. The van der Waals surface area contributed by atoms with Crippen molar-refractivity contribution in [1.82, 2.24) is 9.97 Å². The molecule has 2 aromatic carbocycles. The summed E-state index contributed by atoms with van der Waals surface area (Å²) in [5.41, 5.74) is 8.74. The Labute approximate surface area is 147 Å². The van der Waals surface area contributed by atoms with Gasteiger partial charge in [-0.1, -0.05) is 42.5 Å². The van der Waals surface area contributed by atoms with Gasteiger partial charge in [0.25, 0.3) is 0 Å². The third-order valence-electron chi connectivity index (χ3n) is 3.79. The number of hydrogen-bond donors (Lipinski definition) is 3. The molecule has 0 fully saturated rings. The summed E-state index contributed by atoms with van der Waals surface area (Å²) < 4.78 is 5.34. The molecule has 0 unspecified atom stereocenters. The second-order valence-corrected chi connectivity index (χ2v) is 5.47. The van der Waals surface area contributed by atoms with Crippen molar-refractivity contribution < 1.29 is 4.74 Å². The van der Waals surface area contributed by atoms with E-state index in [0.29, 0.717) is 17.3 Å². The van der Waals surface area contributed by atoms with Crippen molar-refractivity contribution >= 4 is 23.0 Å². The maximum absolute atomic E-state index is 6.21. The van der Waals surface area contributed by atoms with Gasteiger partial charge >= 0.3 is 0 Å². The molecule has 0 saturated carbocycles. The Hall–Kier alpha value is -3.28. The first-order valence-electron chi connectivity index (χ1n) is 8.06. The Balaban J connectivity index is 1.69. The van der Waals surface area contributed by atoms with Crippen LogP contribution in [0.3, 0.4) is 0 Å². The molecule has 4 N–H and O–H groups in total. The SMILES string of the molecule is COc1ccccc1Nc1ncnc(NCCc2ccccc2)c1N. The molecule has 1 heterocycles. The summed E-state index contributed by atoms with van der Waals surface area (Å²) in [6.45, 7) is 0.735. The quantitative estimate of drug-likeness (QED) is 0.613. The van der Waals surface area contributed by atoms with E-state index in [1.54, 1.807) is 7.11 Å². The summed E-state index contributed by atoms with van der Waals surface area (Å²) >= 11 is 0. The van der Waals surface area contributed by atoms with E-state index < -0.39 is 0 Å². The monoisotopic (exact) mass is 335 g/mol. The molecular weight excluding hydrogens is 314 g/mol. The molecule has 3 aromatic rings. The standard InChI is InChI=1S/C19H21N5O/c1-25-16-10-6-5-9-15(16)24-19-17(20)18(22-13-23-19)21-12-11-14-7-3-2-4-8-14/h2-10,13H,11-12,20H2,1H3,(H2,21,22,23,24). The van der Waals surface area contributed by atoms with Gasteiger partial charge in [0.15, 0.2) is 11.6 Å². The Bertz CT molecular complexity index is 823. The zero-order valence-electron chi connectivity index (χ0n) is 14.1. The van der Waals surface area contributed by atoms with E-state index in [-0.39, 0.29) is 0 Å². The summed E-state index contributed by atoms with van der Waals surface area (Å²) in [4.78, 5) is 8.47. The van der Waals surface area contributed by atoms with E-state index in [1.807, 2.05) is 42.5 Å². The highest BCUT2D eigenvalue weighted by Crippen LogP contribution is 2.30. The Morgan fingerprint density at radius 3 is 2.48 bits per heavy atom.